The van der Waals surface area contributed by atoms with Crippen LogP contribution in [0.2, 0.25) is 0 Å². The molecule has 0 aromatic heterocycles. The topological polar surface area (TPSA) is 64.6 Å². The first-order chi connectivity index (χ1) is 12.6. The zero-order valence-corrected chi connectivity index (χ0v) is 15.2. The van der Waals surface area contributed by atoms with E-state index in [0.29, 0.717) is 12.3 Å². The first kappa shape index (κ1) is 19.8. The van der Waals surface area contributed by atoms with Crippen LogP contribution in [0.1, 0.15) is 16.8 Å². The van der Waals surface area contributed by atoms with Crippen molar-refractivity contribution in [2.45, 2.75) is 11.3 Å². The number of ether oxygens (including phenoxy) is 2. The number of nitrogens with one attached hydrogen (secondary N) is 1. The van der Waals surface area contributed by atoms with Crippen LogP contribution >= 0.6 is 11.8 Å². The maximum atomic E-state index is 13.8. The molecule has 0 unspecified atom stereocenters. The first-order valence-corrected chi connectivity index (χ1v) is 9.04. The summed E-state index contributed by atoms with van der Waals surface area (Å²) < 4.78 is 23.5. The molecular formula is C19H20FNO4S. The second-order valence-corrected chi connectivity index (χ2v) is 6.46. The third kappa shape index (κ3) is 6.40. The van der Waals surface area contributed by atoms with Crippen LogP contribution in [0.5, 0.6) is 5.75 Å². The van der Waals surface area contributed by atoms with E-state index >= 15 is 0 Å². The Morgan fingerprint density at radius 1 is 1.15 bits per heavy atom. The van der Waals surface area contributed by atoms with E-state index in [2.05, 4.69) is 5.32 Å². The third-order valence-corrected chi connectivity index (χ3v) is 4.48. The molecule has 0 aliphatic rings. The summed E-state index contributed by atoms with van der Waals surface area (Å²) in [6.45, 7) is 0.0310. The van der Waals surface area contributed by atoms with Crippen LogP contribution < -0.4 is 10.1 Å². The molecule has 0 bridgehead atoms. The number of thioether (sulfide) groups is 1. The van der Waals surface area contributed by atoms with E-state index in [-0.39, 0.29) is 5.56 Å². The van der Waals surface area contributed by atoms with Gasteiger partial charge in [0.1, 0.15) is 11.6 Å². The Bertz CT molecular complexity index is 740. The van der Waals surface area contributed by atoms with Gasteiger partial charge in [-0.05, 0) is 36.4 Å². The smallest absolute Gasteiger partial charge is 0.341 e. The zero-order chi connectivity index (χ0) is 18.8. The Morgan fingerprint density at radius 2 is 1.92 bits per heavy atom. The number of methoxy groups -OCH3 is 1. The van der Waals surface area contributed by atoms with Gasteiger partial charge in [0.25, 0.3) is 5.91 Å². The summed E-state index contributed by atoms with van der Waals surface area (Å²) in [4.78, 5) is 24.7. The number of carbonyl (C=O) groups excluding carboxylic acids is 2. The largest absolute Gasteiger partial charge is 0.497 e. The monoisotopic (exact) mass is 377 g/mol. The quantitative estimate of drug-likeness (QED) is 0.413. The number of benzene rings is 2. The molecule has 0 atom stereocenters. The van der Waals surface area contributed by atoms with E-state index in [9.17, 15) is 14.0 Å². The molecule has 0 saturated carbocycles. The van der Waals surface area contributed by atoms with Crippen molar-refractivity contribution in [2.24, 2.45) is 0 Å². The SMILES string of the molecule is COc1ccc(C(=O)OCC(=O)NCCCSc2ccccc2)c(F)c1. The van der Waals surface area contributed by atoms with Crippen LogP contribution in [0.15, 0.2) is 53.4 Å². The molecule has 1 amide bonds. The average molecular weight is 377 g/mol. The van der Waals surface area contributed by atoms with Gasteiger partial charge in [-0.15, -0.1) is 11.8 Å². The summed E-state index contributed by atoms with van der Waals surface area (Å²) in [5, 5.41) is 2.67. The molecular weight excluding hydrogens is 357 g/mol. The van der Waals surface area contributed by atoms with Gasteiger partial charge in [-0.25, -0.2) is 9.18 Å². The molecule has 0 aliphatic heterocycles. The molecule has 0 heterocycles. The van der Waals surface area contributed by atoms with Crippen LogP contribution in [-0.4, -0.2) is 37.9 Å². The van der Waals surface area contributed by atoms with Crippen LogP contribution in [0.3, 0.4) is 0 Å². The van der Waals surface area contributed by atoms with Gasteiger partial charge in [-0.1, -0.05) is 18.2 Å². The fourth-order valence-corrected chi connectivity index (χ4v) is 2.93. The van der Waals surface area contributed by atoms with Gasteiger partial charge in [0, 0.05) is 17.5 Å². The lowest BCUT2D eigenvalue weighted by Crippen LogP contribution is -2.30. The predicted octanol–water partition coefficient (Wildman–Crippen LogP) is 3.29. The first-order valence-electron chi connectivity index (χ1n) is 8.05. The number of rotatable bonds is 9. The number of esters is 1. The number of hydrogen-bond acceptors (Lipinski definition) is 5. The maximum Gasteiger partial charge on any atom is 0.341 e. The standard InChI is InChI=1S/C19H20FNO4S/c1-24-14-8-9-16(17(20)12-14)19(23)25-13-18(22)21-10-5-11-26-15-6-3-2-4-7-15/h2-4,6-9,12H,5,10-11,13H2,1H3,(H,21,22). The van der Waals surface area contributed by atoms with Gasteiger partial charge in [0.15, 0.2) is 6.61 Å². The summed E-state index contributed by atoms with van der Waals surface area (Å²) in [5.41, 5.74) is -0.238. The Balaban J connectivity index is 1.64. The van der Waals surface area contributed by atoms with E-state index in [1.807, 2.05) is 30.3 Å². The summed E-state index contributed by atoms with van der Waals surface area (Å²) in [6, 6.07) is 13.8. The second-order valence-electron chi connectivity index (χ2n) is 5.29. The Kier molecular flexibility index (Phi) is 7.95. The second kappa shape index (κ2) is 10.5. The van der Waals surface area contributed by atoms with Gasteiger partial charge < -0.3 is 14.8 Å². The van der Waals surface area contributed by atoms with Crippen molar-refractivity contribution in [3.8, 4) is 5.75 Å². The van der Waals surface area contributed by atoms with E-state index < -0.39 is 24.3 Å². The third-order valence-electron chi connectivity index (χ3n) is 3.39. The maximum absolute atomic E-state index is 13.8. The van der Waals surface area contributed by atoms with Gasteiger partial charge in [0.2, 0.25) is 0 Å². The molecule has 0 radical (unpaired) electrons. The molecule has 26 heavy (non-hydrogen) atoms. The minimum atomic E-state index is -0.889. The van der Waals surface area contributed by atoms with Crippen molar-refractivity contribution in [2.75, 3.05) is 26.0 Å². The molecule has 7 heteroatoms. The lowest BCUT2D eigenvalue weighted by molar-refractivity contribution is -0.124. The van der Waals surface area contributed by atoms with E-state index in [4.69, 9.17) is 9.47 Å². The number of halogens is 1. The van der Waals surface area contributed by atoms with Crippen molar-refractivity contribution < 1.29 is 23.5 Å². The van der Waals surface area contributed by atoms with E-state index in [0.717, 1.165) is 18.2 Å². The fraction of sp³-hybridized carbons (Fsp3) is 0.263. The van der Waals surface area contributed by atoms with Crippen molar-refractivity contribution in [1.82, 2.24) is 5.32 Å². The molecule has 5 nitrogen and oxygen atoms in total. The summed E-state index contributed by atoms with van der Waals surface area (Å²) >= 11 is 1.70. The fourth-order valence-electron chi connectivity index (χ4n) is 2.05. The number of amides is 1. The van der Waals surface area contributed by atoms with Crippen molar-refractivity contribution >= 4 is 23.6 Å². The molecule has 138 valence electrons. The lowest BCUT2D eigenvalue weighted by Gasteiger charge is -2.08. The molecule has 2 aromatic rings. The highest BCUT2D eigenvalue weighted by Gasteiger charge is 2.15. The molecule has 2 rings (SSSR count). The van der Waals surface area contributed by atoms with Crippen LogP contribution in [-0.2, 0) is 9.53 Å². The van der Waals surface area contributed by atoms with Gasteiger partial charge >= 0.3 is 5.97 Å². The van der Waals surface area contributed by atoms with Crippen LogP contribution in [0.4, 0.5) is 4.39 Å². The van der Waals surface area contributed by atoms with Crippen LogP contribution in [0, 0.1) is 5.82 Å². The van der Waals surface area contributed by atoms with Crippen LogP contribution in [0.25, 0.3) is 0 Å². The highest BCUT2D eigenvalue weighted by atomic mass is 32.2. The van der Waals surface area contributed by atoms with Gasteiger partial charge in [0.05, 0.1) is 12.7 Å². The minimum absolute atomic E-state index is 0.238. The minimum Gasteiger partial charge on any atom is -0.497 e. The molecule has 2 aromatic carbocycles. The summed E-state index contributed by atoms with van der Waals surface area (Å²) in [5.74, 6) is -0.906. The number of carbonyl (C=O) groups is 2. The highest BCUT2D eigenvalue weighted by Crippen LogP contribution is 2.18. The Labute approximate surface area is 155 Å². The Morgan fingerprint density at radius 3 is 2.62 bits per heavy atom. The van der Waals surface area contributed by atoms with Crippen molar-refractivity contribution in [3.05, 3.63) is 59.9 Å². The van der Waals surface area contributed by atoms with Gasteiger partial charge in [-0.2, -0.15) is 0 Å². The molecule has 1 N–H and O–H groups in total. The van der Waals surface area contributed by atoms with E-state index in [1.54, 1.807) is 11.8 Å². The normalized spacial score (nSPS) is 10.2. The molecule has 0 aliphatic carbocycles. The lowest BCUT2D eigenvalue weighted by atomic mass is 10.2. The Hall–Kier alpha value is -2.54. The molecule has 0 fully saturated rings. The van der Waals surface area contributed by atoms with E-state index in [1.165, 1.54) is 24.1 Å². The zero-order valence-electron chi connectivity index (χ0n) is 14.4. The van der Waals surface area contributed by atoms with Gasteiger partial charge in [-0.3, -0.25) is 4.79 Å². The predicted molar refractivity (Wildman–Crippen MR) is 98.0 cm³/mol. The highest BCUT2D eigenvalue weighted by molar-refractivity contribution is 7.99. The van der Waals surface area contributed by atoms with Crippen molar-refractivity contribution in [1.29, 1.82) is 0 Å². The summed E-state index contributed by atoms with van der Waals surface area (Å²) in [6.07, 6.45) is 0.784. The molecule has 0 saturated heterocycles. The van der Waals surface area contributed by atoms with Crippen molar-refractivity contribution in [3.63, 3.8) is 0 Å². The summed E-state index contributed by atoms with van der Waals surface area (Å²) in [7, 11) is 1.40. The number of hydrogen-bond donors (Lipinski definition) is 1. The average Bonchev–Trinajstić information content (AvgIpc) is 2.66. The molecule has 0 spiro atoms.